The van der Waals surface area contributed by atoms with Gasteiger partial charge in [0.2, 0.25) is 11.8 Å². The molecule has 3 rings (SSSR count). The van der Waals surface area contributed by atoms with Crippen LogP contribution in [0.15, 0.2) is 24.3 Å². The number of Topliss-reactive ketones (excluding diaryl/α,β-unsaturated/α-hetero) is 1. The molecule has 1 saturated carbocycles. The van der Waals surface area contributed by atoms with Crippen molar-refractivity contribution in [3.05, 3.63) is 29.8 Å². The zero-order chi connectivity index (χ0) is 13.9. The molecule has 2 aliphatic rings. The van der Waals surface area contributed by atoms with E-state index in [4.69, 9.17) is 0 Å². The van der Waals surface area contributed by atoms with E-state index in [-0.39, 0.29) is 34.8 Å². The molecule has 1 saturated heterocycles. The highest BCUT2D eigenvalue weighted by molar-refractivity contribution is 6.25. The Labute approximate surface area is 111 Å². The number of rotatable bonds is 2. The van der Waals surface area contributed by atoms with Crippen molar-refractivity contribution in [3.8, 4) is 0 Å². The molecule has 0 unspecified atom stereocenters. The predicted molar refractivity (Wildman–Crippen MR) is 69.7 cm³/mol. The van der Waals surface area contributed by atoms with Gasteiger partial charge in [-0.3, -0.25) is 14.4 Å². The fourth-order valence-corrected chi connectivity index (χ4v) is 3.06. The van der Waals surface area contributed by atoms with Gasteiger partial charge in [-0.1, -0.05) is 26.0 Å². The van der Waals surface area contributed by atoms with E-state index in [9.17, 15) is 14.4 Å². The summed E-state index contributed by atoms with van der Waals surface area (Å²) >= 11 is 0. The number of hydrogen-bond donors (Lipinski definition) is 0. The zero-order valence-electron chi connectivity index (χ0n) is 11.1. The Morgan fingerprint density at radius 2 is 1.74 bits per heavy atom. The Bertz CT molecular complexity index is 594. The summed E-state index contributed by atoms with van der Waals surface area (Å²) in [6, 6.07) is 6.68. The van der Waals surface area contributed by atoms with Crippen molar-refractivity contribution in [1.29, 1.82) is 0 Å². The lowest BCUT2D eigenvalue weighted by Crippen LogP contribution is -2.36. The van der Waals surface area contributed by atoms with Crippen LogP contribution >= 0.6 is 0 Å². The van der Waals surface area contributed by atoms with Crippen LogP contribution < -0.4 is 4.90 Å². The fraction of sp³-hybridized carbons (Fsp3) is 0.400. The van der Waals surface area contributed by atoms with Crippen LogP contribution in [0.1, 0.15) is 31.1 Å². The van der Waals surface area contributed by atoms with Crippen molar-refractivity contribution in [2.24, 2.45) is 17.3 Å². The minimum absolute atomic E-state index is 0.0774. The Morgan fingerprint density at radius 3 is 2.26 bits per heavy atom. The number of carbonyl (C=O) groups excluding carboxylic acids is 3. The number of nitrogens with zero attached hydrogens (tertiary/aromatic N) is 1. The van der Waals surface area contributed by atoms with Gasteiger partial charge in [-0.05, 0) is 24.5 Å². The van der Waals surface area contributed by atoms with Crippen LogP contribution in [0.5, 0.6) is 0 Å². The molecule has 0 N–H and O–H groups in total. The maximum Gasteiger partial charge on any atom is 0.238 e. The molecule has 0 radical (unpaired) electrons. The summed E-state index contributed by atoms with van der Waals surface area (Å²) in [5, 5.41) is 0. The number of fused-ring (bicyclic) bond motifs is 1. The number of ketones is 1. The molecule has 4 nitrogen and oxygen atoms in total. The van der Waals surface area contributed by atoms with Gasteiger partial charge in [-0.15, -0.1) is 0 Å². The molecule has 1 aromatic rings. The molecule has 0 bridgehead atoms. The molecule has 4 heteroatoms. The second-order valence-corrected chi connectivity index (χ2v) is 5.90. The fourth-order valence-electron chi connectivity index (χ4n) is 3.06. The van der Waals surface area contributed by atoms with Gasteiger partial charge in [0.15, 0.2) is 5.78 Å². The first-order valence-corrected chi connectivity index (χ1v) is 6.34. The van der Waals surface area contributed by atoms with Crippen molar-refractivity contribution < 1.29 is 14.4 Å². The topological polar surface area (TPSA) is 54.5 Å². The molecular weight excluding hydrogens is 242 g/mol. The van der Waals surface area contributed by atoms with Gasteiger partial charge in [-0.2, -0.15) is 0 Å². The number of amides is 2. The normalized spacial score (nSPS) is 27.4. The van der Waals surface area contributed by atoms with Crippen LogP contribution in [-0.2, 0) is 9.59 Å². The molecule has 1 aliphatic carbocycles. The van der Waals surface area contributed by atoms with Crippen LogP contribution in [0.25, 0.3) is 0 Å². The third kappa shape index (κ3) is 1.49. The molecule has 19 heavy (non-hydrogen) atoms. The first-order valence-electron chi connectivity index (χ1n) is 6.34. The van der Waals surface area contributed by atoms with Crippen LogP contribution in [0.3, 0.4) is 0 Å². The van der Waals surface area contributed by atoms with Gasteiger partial charge in [0.1, 0.15) is 0 Å². The quantitative estimate of drug-likeness (QED) is 0.601. The Balaban J connectivity index is 1.97. The minimum Gasteiger partial charge on any atom is -0.295 e. The van der Waals surface area contributed by atoms with Crippen molar-refractivity contribution in [1.82, 2.24) is 0 Å². The van der Waals surface area contributed by atoms with Crippen molar-refractivity contribution >= 4 is 23.3 Å². The second-order valence-electron chi connectivity index (χ2n) is 5.90. The molecule has 0 spiro atoms. The Kier molecular flexibility index (Phi) is 2.24. The first kappa shape index (κ1) is 12.1. The molecule has 0 aromatic heterocycles. The summed E-state index contributed by atoms with van der Waals surface area (Å²) in [7, 11) is 0. The van der Waals surface area contributed by atoms with Crippen LogP contribution in [0.2, 0.25) is 0 Å². The monoisotopic (exact) mass is 257 g/mol. The van der Waals surface area contributed by atoms with E-state index in [1.165, 1.54) is 11.8 Å². The lowest BCUT2D eigenvalue weighted by Gasteiger charge is -2.20. The van der Waals surface area contributed by atoms with Crippen molar-refractivity contribution in [3.63, 3.8) is 0 Å². The number of benzene rings is 1. The molecule has 2 atom stereocenters. The van der Waals surface area contributed by atoms with Gasteiger partial charge >= 0.3 is 0 Å². The van der Waals surface area contributed by atoms with Crippen molar-refractivity contribution in [2.45, 2.75) is 20.8 Å². The molecular formula is C15H15NO3. The lowest BCUT2D eigenvalue weighted by atomic mass is 10.0. The van der Waals surface area contributed by atoms with Crippen molar-refractivity contribution in [2.75, 3.05) is 4.90 Å². The summed E-state index contributed by atoms with van der Waals surface area (Å²) in [6.45, 7) is 5.36. The second kappa shape index (κ2) is 3.53. The van der Waals surface area contributed by atoms with Gasteiger partial charge < -0.3 is 0 Å². The van der Waals surface area contributed by atoms with Gasteiger partial charge in [0.25, 0.3) is 0 Å². The highest BCUT2D eigenvalue weighted by Gasteiger charge is 2.72. The summed E-state index contributed by atoms with van der Waals surface area (Å²) in [5.74, 6) is -0.741. The van der Waals surface area contributed by atoms with E-state index in [0.29, 0.717) is 11.3 Å². The minimum atomic E-state index is -0.206. The van der Waals surface area contributed by atoms with Crippen LogP contribution in [0, 0.1) is 17.3 Å². The number of anilines is 1. The summed E-state index contributed by atoms with van der Waals surface area (Å²) in [4.78, 5) is 37.1. The highest BCUT2D eigenvalue weighted by Crippen LogP contribution is 2.63. The standard InChI is InChI=1S/C15H15NO3/c1-8(17)9-5-4-6-10(7-9)16-13(18)11-12(14(16)19)15(11,2)3/h4-7,11-12H,1-3H3/t11-,12-/m1/s1. The summed E-state index contributed by atoms with van der Waals surface area (Å²) < 4.78 is 0. The third-order valence-electron chi connectivity index (χ3n) is 4.31. The van der Waals surface area contributed by atoms with E-state index in [0.717, 1.165) is 0 Å². The highest BCUT2D eigenvalue weighted by atomic mass is 16.2. The third-order valence-corrected chi connectivity index (χ3v) is 4.31. The van der Waals surface area contributed by atoms with E-state index in [1.54, 1.807) is 24.3 Å². The molecule has 1 aliphatic heterocycles. The maximum absolute atomic E-state index is 12.3. The lowest BCUT2D eigenvalue weighted by molar-refractivity contribution is -0.125. The Morgan fingerprint density at radius 1 is 1.16 bits per heavy atom. The maximum atomic E-state index is 12.3. The van der Waals surface area contributed by atoms with E-state index >= 15 is 0 Å². The largest absolute Gasteiger partial charge is 0.295 e. The van der Waals surface area contributed by atoms with Gasteiger partial charge in [0, 0.05) is 5.56 Å². The number of imide groups is 1. The van der Waals surface area contributed by atoms with E-state index in [1.807, 2.05) is 13.8 Å². The average Bonchev–Trinajstić information content (AvgIpc) is 2.79. The molecule has 1 aromatic carbocycles. The average molecular weight is 257 g/mol. The predicted octanol–water partition coefficient (Wildman–Crippen LogP) is 2.03. The number of carbonyl (C=O) groups is 3. The smallest absolute Gasteiger partial charge is 0.238 e. The number of piperidine rings is 1. The summed E-state index contributed by atoms with van der Waals surface area (Å²) in [6.07, 6.45) is 0. The first-order chi connectivity index (χ1) is 8.85. The SMILES string of the molecule is CC(=O)c1cccc(N2C(=O)[C@H]3[C@H](C2=O)C3(C)C)c1. The van der Waals surface area contributed by atoms with E-state index < -0.39 is 0 Å². The molecule has 2 fully saturated rings. The molecule has 98 valence electrons. The zero-order valence-corrected chi connectivity index (χ0v) is 11.1. The number of hydrogen-bond acceptors (Lipinski definition) is 3. The molecule has 1 heterocycles. The summed E-state index contributed by atoms with van der Waals surface area (Å²) in [5.41, 5.74) is 0.812. The van der Waals surface area contributed by atoms with E-state index in [2.05, 4.69) is 0 Å². The molecule has 2 amide bonds. The van der Waals surface area contributed by atoms with Gasteiger partial charge in [-0.25, -0.2) is 4.90 Å². The van der Waals surface area contributed by atoms with Crippen LogP contribution in [-0.4, -0.2) is 17.6 Å². The Hall–Kier alpha value is -1.97. The van der Waals surface area contributed by atoms with Gasteiger partial charge in [0.05, 0.1) is 17.5 Å². The van der Waals surface area contributed by atoms with Crippen LogP contribution in [0.4, 0.5) is 5.69 Å².